The third-order valence-corrected chi connectivity index (χ3v) is 4.61. The number of nitrogens with zero attached hydrogens (tertiary/aromatic N) is 3. The van der Waals surface area contributed by atoms with E-state index in [0.717, 1.165) is 30.2 Å². The number of carbonyl (C=O) groups is 1. The Morgan fingerprint density at radius 3 is 3.04 bits per heavy atom. The van der Waals surface area contributed by atoms with Crippen molar-refractivity contribution in [1.29, 1.82) is 0 Å². The molecule has 120 valence electrons. The van der Waals surface area contributed by atoms with E-state index in [1.165, 1.54) is 0 Å². The van der Waals surface area contributed by atoms with Gasteiger partial charge in [0.25, 0.3) is 5.91 Å². The van der Waals surface area contributed by atoms with Crippen LogP contribution in [0, 0.1) is 0 Å². The lowest BCUT2D eigenvalue weighted by molar-refractivity contribution is -0.141. The second-order valence-corrected chi connectivity index (χ2v) is 6.07. The van der Waals surface area contributed by atoms with Crippen molar-refractivity contribution in [2.75, 3.05) is 19.6 Å². The van der Waals surface area contributed by atoms with Crippen molar-refractivity contribution in [1.82, 2.24) is 19.8 Å². The summed E-state index contributed by atoms with van der Waals surface area (Å²) in [5, 5.41) is 3.35. The first-order valence-electron chi connectivity index (χ1n) is 7.97. The Labute approximate surface area is 135 Å². The lowest BCUT2D eigenvalue weighted by Crippen LogP contribution is -2.53. The molecule has 0 radical (unpaired) electrons. The van der Waals surface area contributed by atoms with E-state index >= 15 is 0 Å². The topological polar surface area (TPSA) is 59.4 Å². The van der Waals surface area contributed by atoms with Crippen LogP contribution in [0.15, 0.2) is 36.7 Å². The van der Waals surface area contributed by atoms with Crippen molar-refractivity contribution >= 4 is 5.91 Å². The quantitative estimate of drug-likeness (QED) is 0.895. The Bertz CT molecular complexity index is 702. The van der Waals surface area contributed by atoms with Gasteiger partial charge in [0.1, 0.15) is 17.6 Å². The van der Waals surface area contributed by atoms with Crippen molar-refractivity contribution in [3.63, 3.8) is 0 Å². The first-order chi connectivity index (χ1) is 11.2. The number of carbonyl (C=O) groups excluding carboxylic acids is 1. The van der Waals surface area contributed by atoms with Gasteiger partial charge in [-0.2, -0.15) is 0 Å². The maximum absolute atomic E-state index is 13.0. The van der Waals surface area contributed by atoms with Crippen LogP contribution in [-0.4, -0.2) is 46.1 Å². The van der Waals surface area contributed by atoms with Crippen LogP contribution in [0.4, 0.5) is 0 Å². The molecule has 6 heteroatoms. The molecule has 1 fully saturated rings. The minimum Gasteiger partial charge on any atom is -0.480 e. The highest BCUT2D eigenvalue weighted by Gasteiger charge is 2.37. The SMILES string of the molecule is Cn1ccnc1C1CNCCN1C(=O)C1Cc2ccccc2O1. The monoisotopic (exact) mass is 312 g/mol. The molecule has 1 N–H and O–H groups in total. The second-order valence-electron chi connectivity index (χ2n) is 6.07. The molecule has 4 rings (SSSR count). The molecule has 2 atom stereocenters. The molecule has 0 spiro atoms. The van der Waals surface area contributed by atoms with E-state index in [9.17, 15) is 4.79 Å². The van der Waals surface area contributed by atoms with Crippen LogP contribution in [0.1, 0.15) is 17.4 Å². The Morgan fingerprint density at radius 2 is 2.26 bits per heavy atom. The van der Waals surface area contributed by atoms with Crippen molar-refractivity contribution in [2.24, 2.45) is 7.05 Å². The van der Waals surface area contributed by atoms with Crippen LogP contribution in [-0.2, 0) is 18.3 Å². The average Bonchev–Trinajstić information content (AvgIpc) is 3.20. The van der Waals surface area contributed by atoms with E-state index < -0.39 is 6.10 Å². The number of piperazine rings is 1. The standard InChI is InChI=1S/C17H20N4O2/c1-20-8-7-19-16(20)13-11-18-6-9-21(13)17(22)15-10-12-4-2-3-5-14(12)23-15/h2-5,7-8,13,15,18H,6,9-11H2,1H3. The number of hydrogen-bond donors (Lipinski definition) is 1. The zero-order valence-electron chi connectivity index (χ0n) is 13.1. The first kappa shape index (κ1) is 14.3. The first-order valence-corrected chi connectivity index (χ1v) is 7.97. The molecule has 6 nitrogen and oxygen atoms in total. The number of aromatic nitrogens is 2. The minimum absolute atomic E-state index is 0.0516. The summed E-state index contributed by atoms with van der Waals surface area (Å²) in [7, 11) is 1.96. The van der Waals surface area contributed by atoms with Crippen LogP contribution in [0.3, 0.4) is 0 Å². The fourth-order valence-corrected chi connectivity index (χ4v) is 3.40. The number of imidazole rings is 1. The molecule has 1 aromatic carbocycles. The summed E-state index contributed by atoms with van der Waals surface area (Å²) in [6.07, 6.45) is 3.91. The van der Waals surface area contributed by atoms with E-state index in [1.807, 2.05) is 47.0 Å². The van der Waals surface area contributed by atoms with Crippen LogP contribution < -0.4 is 10.1 Å². The molecule has 3 heterocycles. The summed E-state index contributed by atoms with van der Waals surface area (Å²) < 4.78 is 7.85. The smallest absolute Gasteiger partial charge is 0.264 e. The van der Waals surface area contributed by atoms with Gasteiger partial charge in [-0.05, 0) is 11.6 Å². The predicted molar refractivity (Wildman–Crippen MR) is 85.1 cm³/mol. The molecule has 2 aliphatic heterocycles. The lowest BCUT2D eigenvalue weighted by Gasteiger charge is -2.36. The van der Waals surface area contributed by atoms with Crippen LogP contribution in [0.5, 0.6) is 5.75 Å². The number of hydrogen-bond acceptors (Lipinski definition) is 4. The molecular formula is C17H20N4O2. The van der Waals surface area contributed by atoms with Crippen molar-refractivity contribution < 1.29 is 9.53 Å². The van der Waals surface area contributed by atoms with Gasteiger partial charge < -0.3 is 19.5 Å². The van der Waals surface area contributed by atoms with Gasteiger partial charge in [0.2, 0.25) is 0 Å². The van der Waals surface area contributed by atoms with Crippen molar-refractivity contribution in [3.05, 3.63) is 48.0 Å². The molecule has 0 bridgehead atoms. The van der Waals surface area contributed by atoms with E-state index in [0.29, 0.717) is 13.0 Å². The van der Waals surface area contributed by atoms with E-state index in [-0.39, 0.29) is 11.9 Å². The van der Waals surface area contributed by atoms with Gasteiger partial charge in [0.15, 0.2) is 6.10 Å². The number of benzene rings is 1. The number of nitrogens with one attached hydrogen (secondary N) is 1. The molecule has 2 aliphatic rings. The van der Waals surface area contributed by atoms with Crippen LogP contribution in [0.2, 0.25) is 0 Å². The molecule has 0 saturated carbocycles. The van der Waals surface area contributed by atoms with E-state index in [4.69, 9.17) is 4.74 Å². The summed E-state index contributed by atoms with van der Waals surface area (Å²) in [5.41, 5.74) is 1.11. The Morgan fingerprint density at radius 1 is 1.39 bits per heavy atom. The van der Waals surface area contributed by atoms with Gasteiger partial charge in [-0.1, -0.05) is 18.2 Å². The molecular weight excluding hydrogens is 292 g/mol. The van der Waals surface area contributed by atoms with Crippen molar-refractivity contribution in [3.8, 4) is 5.75 Å². The second kappa shape index (κ2) is 5.70. The summed E-state index contributed by atoms with van der Waals surface area (Å²) in [6.45, 7) is 2.19. The number of ether oxygens (including phenoxy) is 1. The number of aryl methyl sites for hydroxylation is 1. The van der Waals surface area contributed by atoms with E-state index in [1.54, 1.807) is 6.20 Å². The number of rotatable bonds is 2. The highest BCUT2D eigenvalue weighted by molar-refractivity contribution is 5.83. The summed E-state index contributed by atoms with van der Waals surface area (Å²) >= 11 is 0. The number of fused-ring (bicyclic) bond motifs is 1. The highest BCUT2D eigenvalue weighted by atomic mass is 16.5. The predicted octanol–water partition coefficient (Wildman–Crippen LogP) is 0.897. The molecule has 1 amide bonds. The molecule has 0 aliphatic carbocycles. The normalized spacial score (nSPS) is 23.4. The zero-order chi connectivity index (χ0) is 15.8. The number of amides is 1. The fourth-order valence-electron chi connectivity index (χ4n) is 3.40. The molecule has 1 saturated heterocycles. The Hall–Kier alpha value is -2.34. The third-order valence-electron chi connectivity index (χ3n) is 4.61. The Balaban J connectivity index is 1.56. The maximum atomic E-state index is 13.0. The largest absolute Gasteiger partial charge is 0.480 e. The van der Waals surface area contributed by atoms with Gasteiger partial charge in [-0.3, -0.25) is 4.79 Å². The fraction of sp³-hybridized carbons (Fsp3) is 0.412. The van der Waals surface area contributed by atoms with Gasteiger partial charge in [0, 0.05) is 45.5 Å². The highest BCUT2D eigenvalue weighted by Crippen LogP contribution is 2.31. The minimum atomic E-state index is -0.423. The van der Waals surface area contributed by atoms with Gasteiger partial charge in [0.05, 0.1) is 0 Å². The van der Waals surface area contributed by atoms with E-state index in [2.05, 4.69) is 10.3 Å². The molecule has 2 unspecified atom stereocenters. The summed E-state index contributed by atoms with van der Waals surface area (Å²) in [4.78, 5) is 19.4. The molecule has 1 aromatic heterocycles. The zero-order valence-corrected chi connectivity index (χ0v) is 13.1. The molecule has 23 heavy (non-hydrogen) atoms. The number of para-hydroxylation sites is 1. The maximum Gasteiger partial charge on any atom is 0.264 e. The van der Waals surface area contributed by atoms with Crippen molar-refractivity contribution in [2.45, 2.75) is 18.6 Å². The third kappa shape index (κ3) is 2.49. The summed E-state index contributed by atoms with van der Waals surface area (Å²) in [6, 6.07) is 7.82. The van der Waals surface area contributed by atoms with Gasteiger partial charge in [-0.25, -0.2) is 4.98 Å². The molecule has 2 aromatic rings. The lowest BCUT2D eigenvalue weighted by atomic mass is 10.1. The average molecular weight is 312 g/mol. The summed E-state index contributed by atoms with van der Waals surface area (Å²) in [5.74, 6) is 1.78. The van der Waals surface area contributed by atoms with Gasteiger partial charge in [-0.15, -0.1) is 0 Å². The van der Waals surface area contributed by atoms with Crippen LogP contribution in [0.25, 0.3) is 0 Å². The van der Waals surface area contributed by atoms with Crippen LogP contribution >= 0.6 is 0 Å². The van der Waals surface area contributed by atoms with Gasteiger partial charge >= 0.3 is 0 Å². The Kier molecular flexibility index (Phi) is 3.53.